The Bertz CT molecular complexity index is 838. The number of nitrogens with one attached hydrogen (secondary N) is 1. The van der Waals surface area contributed by atoms with E-state index in [0.717, 1.165) is 24.5 Å². The number of ether oxygens (including phenoxy) is 2. The van der Waals surface area contributed by atoms with E-state index in [9.17, 15) is 9.90 Å². The van der Waals surface area contributed by atoms with E-state index in [1.807, 2.05) is 42.5 Å². The van der Waals surface area contributed by atoms with Gasteiger partial charge in [0.2, 0.25) is 5.91 Å². The highest BCUT2D eigenvalue weighted by atomic mass is 16.5. The van der Waals surface area contributed by atoms with Crippen LogP contribution in [-0.2, 0) is 11.3 Å². The van der Waals surface area contributed by atoms with Crippen molar-refractivity contribution in [3.05, 3.63) is 59.2 Å². The fourth-order valence-corrected chi connectivity index (χ4v) is 3.52. The van der Waals surface area contributed by atoms with Crippen molar-refractivity contribution in [3.63, 3.8) is 0 Å². The normalized spacial score (nSPS) is 18.9. The van der Waals surface area contributed by atoms with Crippen molar-refractivity contribution in [3.8, 4) is 11.5 Å². The van der Waals surface area contributed by atoms with Crippen molar-refractivity contribution in [1.82, 2.24) is 10.2 Å². The van der Waals surface area contributed by atoms with Gasteiger partial charge >= 0.3 is 0 Å². The van der Waals surface area contributed by atoms with Crippen molar-refractivity contribution in [1.29, 1.82) is 0 Å². The average molecular weight is 413 g/mol. The first-order valence-corrected chi connectivity index (χ1v) is 10.5. The monoisotopic (exact) mass is 412 g/mol. The second-order valence-electron chi connectivity index (χ2n) is 7.99. The minimum Gasteiger partial charge on any atom is -0.494 e. The van der Waals surface area contributed by atoms with E-state index in [0.29, 0.717) is 26.2 Å². The maximum Gasteiger partial charge on any atom is 0.216 e. The van der Waals surface area contributed by atoms with Gasteiger partial charge in [0.05, 0.1) is 6.61 Å². The number of benzene rings is 2. The van der Waals surface area contributed by atoms with Gasteiger partial charge in [0, 0.05) is 33.1 Å². The molecular formula is C24H32N2O4. The van der Waals surface area contributed by atoms with Crippen LogP contribution in [0.25, 0.3) is 0 Å². The molecule has 1 aliphatic heterocycles. The highest BCUT2D eigenvalue weighted by Crippen LogP contribution is 2.23. The quantitative estimate of drug-likeness (QED) is 0.620. The Morgan fingerprint density at radius 1 is 1.10 bits per heavy atom. The molecule has 0 aromatic heterocycles. The van der Waals surface area contributed by atoms with Crippen molar-refractivity contribution in [2.75, 3.05) is 26.2 Å². The van der Waals surface area contributed by atoms with Gasteiger partial charge < -0.3 is 19.9 Å². The van der Waals surface area contributed by atoms with Gasteiger partial charge in [0.25, 0.3) is 0 Å². The Balaban J connectivity index is 1.45. The summed E-state index contributed by atoms with van der Waals surface area (Å²) in [6.45, 7) is 8.88. The molecule has 0 radical (unpaired) electrons. The average Bonchev–Trinajstić information content (AvgIpc) is 3.04. The molecule has 1 heterocycles. The summed E-state index contributed by atoms with van der Waals surface area (Å²) >= 11 is 0. The summed E-state index contributed by atoms with van der Waals surface area (Å²) in [6, 6.07) is 14.1. The van der Waals surface area contributed by atoms with Gasteiger partial charge in [-0.15, -0.1) is 0 Å². The highest BCUT2D eigenvalue weighted by Gasteiger charge is 2.33. The molecule has 162 valence electrons. The number of likely N-dealkylation sites (tertiary alicyclic amines) is 1. The fourth-order valence-electron chi connectivity index (χ4n) is 3.52. The van der Waals surface area contributed by atoms with Crippen LogP contribution in [0.15, 0.2) is 42.5 Å². The third-order valence-electron chi connectivity index (χ3n) is 5.37. The summed E-state index contributed by atoms with van der Waals surface area (Å²) < 4.78 is 11.8. The minimum atomic E-state index is -0.502. The zero-order valence-electron chi connectivity index (χ0n) is 18.1. The molecule has 0 saturated carbocycles. The first kappa shape index (κ1) is 22.1. The van der Waals surface area contributed by atoms with Crippen LogP contribution in [0.1, 0.15) is 30.0 Å². The first-order chi connectivity index (χ1) is 14.4. The van der Waals surface area contributed by atoms with Crippen LogP contribution in [0.5, 0.6) is 11.5 Å². The smallest absolute Gasteiger partial charge is 0.216 e. The van der Waals surface area contributed by atoms with E-state index >= 15 is 0 Å². The van der Waals surface area contributed by atoms with E-state index in [2.05, 4.69) is 24.1 Å². The number of hydrogen-bond acceptors (Lipinski definition) is 5. The summed E-state index contributed by atoms with van der Waals surface area (Å²) in [6.07, 6.45) is 0.0469. The lowest BCUT2D eigenvalue weighted by Crippen LogP contribution is -2.29. The number of amides is 1. The Morgan fingerprint density at radius 3 is 2.53 bits per heavy atom. The summed E-state index contributed by atoms with van der Waals surface area (Å²) in [5.74, 6) is 1.61. The second kappa shape index (κ2) is 10.5. The van der Waals surface area contributed by atoms with Crippen LogP contribution >= 0.6 is 0 Å². The number of nitrogens with zero attached hydrogens (tertiary/aromatic N) is 1. The van der Waals surface area contributed by atoms with Crippen LogP contribution in [0, 0.1) is 13.8 Å². The molecule has 1 saturated heterocycles. The van der Waals surface area contributed by atoms with Crippen LogP contribution < -0.4 is 14.8 Å². The van der Waals surface area contributed by atoms with Crippen LogP contribution in [0.3, 0.4) is 0 Å². The number of aryl methyl sites for hydroxylation is 2. The molecule has 0 bridgehead atoms. The Kier molecular flexibility index (Phi) is 7.71. The van der Waals surface area contributed by atoms with Gasteiger partial charge in [-0.05, 0) is 61.2 Å². The highest BCUT2D eigenvalue weighted by molar-refractivity contribution is 5.72. The van der Waals surface area contributed by atoms with E-state index in [1.54, 1.807) is 0 Å². The van der Waals surface area contributed by atoms with Gasteiger partial charge in [0.1, 0.15) is 23.7 Å². The molecule has 3 rings (SSSR count). The minimum absolute atomic E-state index is 0.0204. The molecule has 2 aromatic rings. The predicted octanol–water partition coefficient (Wildman–Crippen LogP) is 2.83. The summed E-state index contributed by atoms with van der Waals surface area (Å²) in [5, 5.41) is 13.2. The summed E-state index contributed by atoms with van der Waals surface area (Å²) in [7, 11) is 0. The number of β-amino-alcohol motifs (C(OH)–C–C–N with tert-alkyl or cyclic N) is 1. The molecular weight excluding hydrogens is 380 g/mol. The fraction of sp³-hybridized carbons (Fsp3) is 0.458. The molecule has 0 spiro atoms. The van der Waals surface area contributed by atoms with Crippen molar-refractivity contribution in [2.24, 2.45) is 0 Å². The lowest BCUT2D eigenvalue weighted by molar-refractivity contribution is -0.118. The van der Waals surface area contributed by atoms with Crippen LogP contribution in [-0.4, -0.2) is 54.4 Å². The summed E-state index contributed by atoms with van der Waals surface area (Å²) in [5.41, 5.74) is 3.59. The second-order valence-corrected chi connectivity index (χ2v) is 7.99. The SMILES string of the molecule is CC(=O)NCCCOc1ccc(CN2C[C@H](Oc3ccc(C)c(C)c3)[C@@H](O)C2)cc1. The van der Waals surface area contributed by atoms with Gasteiger partial charge in [-0.2, -0.15) is 0 Å². The first-order valence-electron chi connectivity index (χ1n) is 10.5. The van der Waals surface area contributed by atoms with Gasteiger partial charge in [-0.1, -0.05) is 18.2 Å². The predicted molar refractivity (Wildman–Crippen MR) is 117 cm³/mol. The number of hydrogen-bond donors (Lipinski definition) is 2. The molecule has 6 nitrogen and oxygen atoms in total. The largest absolute Gasteiger partial charge is 0.494 e. The maximum absolute atomic E-state index is 10.8. The molecule has 2 aromatic carbocycles. The topological polar surface area (TPSA) is 71.0 Å². The lowest BCUT2D eigenvalue weighted by Gasteiger charge is -2.18. The number of carbonyl (C=O) groups excluding carboxylic acids is 1. The van der Waals surface area contributed by atoms with E-state index in [4.69, 9.17) is 9.47 Å². The zero-order valence-corrected chi connectivity index (χ0v) is 18.1. The molecule has 0 aliphatic carbocycles. The summed E-state index contributed by atoms with van der Waals surface area (Å²) in [4.78, 5) is 13.0. The van der Waals surface area contributed by atoms with Crippen LogP contribution in [0.2, 0.25) is 0 Å². The number of rotatable bonds is 9. The molecule has 1 amide bonds. The third-order valence-corrected chi connectivity index (χ3v) is 5.37. The van der Waals surface area contributed by atoms with E-state index in [1.165, 1.54) is 23.6 Å². The molecule has 1 aliphatic rings. The molecule has 6 heteroatoms. The molecule has 2 N–H and O–H groups in total. The molecule has 1 fully saturated rings. The molecule has 0 unspecified atom stereocenters. The van der Waals surface area contributed by atoms with Crippen LogP contribution in [0.4, 0.5) is 0 Å². The standard InChI is InChI=1S/C24H32N2O4/c1-17-5-8-22(13-18(17)2)30-24-16-26(15-23(24)28)14-20-6-9-21(10-7-20)29-12-4-11-25-19(3)27/h5-10,13,23-24,28H,4,11-12,14-16H2,1-3H3,(H,25,27)/t23-,24-/m0/s1. The zero-order chi connectivity index (χ0) is 21.5. The Hall–Kier alpha value is -2.57. The van der Waals surface area contributed by atoms with Gasteiger partial charge in [-0.25, -0.2) is 0 Å². The Morgan fingerprint density at radius 2 is 1.83 bits per heavy atom. The Labute approximate surface area is 178 Å². The van der Waals surface area contributed by atoms with Gasteiger partial charge in [-0.3, -0.25) is 9.69 Å². The van der Waals surface area contributed by atoms with Crippen molar-refractivity contribution in [2.45, 2.75) is 45.9 Å². The lowest BCUT2D eigenvalue weighted by atomic mass is 10.1. The van der Waals surface area contributed by atoms with Crippen molar-refractivity contribution < 1.29 is 19.4 Å². The third kappa shape index (κ3) is 6.47. The van der Waals surface area contributed by atoms with E-state index in [-0.39, 0.29) is 12.0 Å². The van der Waals surface area contributed by atoms with Crippen molar-refractivity contribution >= 4 is 5.91 Å². The molecule has 30 heavy (non-hydrogen) atoms. The number of aliphatic hydroxyl groups excluding tert-OH is 1. The van der Waals surface area contributed by atoms with E-state index < -0.39 is 6.10 Å². The van der Waals surface area contributed by atoms with Gasteiger partial charge in [0.15, 0.2) is 0 Å². The maximum atomic E-state index is 10.8. The number of aliphatic hydroxyl groups is 1. The number of carbonyl (C=O) groups is 1. The molecule has 2 atom stereocenters.